The van der Waals surface area contributed by atoms with E-state index in [4.69, 9.17) is 0 Å². The Balaban J connectivity index is 1.61. The zero-order chi connectivity index (χ0) is 18.1. The van der Waals surface area contributed by atoms with Crippen LogP contribution < -0.4 is 5.32 Å². The number of alkyl halides is 1. The van der Waals surface area contributed by atoms with Gasteiger partial charge in [-0.2, -0.15) is 0 Å². The van der Waals surface area contributed by atoms with Crippen molar-refractivity contribution in [3.63, 3.8) is 0 Å². The first kappa shape index (κ1) is 17.1. The lowest BCUT2D eigenvalue weighted by Crippen LogP contribution is -2.45. The molecule has 0 aromatic carbocycles. The summed E-state index contributed by atoms with van der Waals surface area (Å²) in [6.45, 7) is 2.96. The third-order valence-electron chi connectivity index (χ3n) is 4.63. The molecule has 0 atom stereocenters. The van der Waals surface area contributed by atoms with E-state index in [2.05, 4.69) is 25.5 Å². The first-order valence-electron chi connectivity index (χ1n) is 8.52. The Labute approximate surface area is 153 Å². The van der Waals surface area contributed by atoms with Gasteiger partial charge in [0.25, 0.3) is 0 Å². The van der Waals surface area contributed by atoms with Gasteiger partial charge in [0.2, 0.25) is 0 Å². The number of nitrogens with one attached hydrogen (secondary N) is 1. The van der Waals surface area contributed by atoms with Gasteiger partial charge in [-0.15, -0.1) is 10.2 Å². The van der Waals surface area contributed by atoms with Gasteiger partial charge < -0.3 is 5.32 Å². The van der Waals surface area contributed by atoms with Crippen molar-refractivity contribution < 1.29 is 9.18 Å². The number of pyridine rings is 2. The molecule has 0 saturated carbocycles. The summed E-state index contributed by atoms with van der Waals surface area (Å²) in [7, 11) is 0. The summed E-state index contributed by atoms with van der Waals surface area (Å²) < 4.78 is 14.8. The van der Waals surface area contributed by atoms with Crippen molar-refractivity contribution in [3.8, 4) is 10.6 Å². The van der Waals surface area contributed by atoms with Crippen LogP contribution in [0.4, 0.5) is 4.39 Å². The summed E-state index contributed by atoms with van der Waals surface area (Å²) in [5.41, 5.74) is 0.409. The molecule has 0 radical (unpaired) electrons. The molecular formula is C18H18FN5OS. The number of carbonyl (C=O) groups is 1. The molecule has 3 aromatic rings. The second-order valence-corrected chi connectivity index (χ2v) is 7.72. The first-order chi connectivity index (χ1) is 12.5. The van der Waals surface area contributed by atoms with Gasteiger partial charge in [0.1, 0.15) is 10.0 Å². The summed E-state index contributed by atoms with van der Waals surface area (Å²) in [5.74, 6) is -0.394. The average Bonchev–Trinajstić information content (AvgIpc) is 3.08. The molecule has 0 spiro atoms. The van der Waals surface area contributed by atoms with Crippen LogP contribution >= 0.6 is 11.3 Å². The molecule has 0 unspecified atom stereocenters. The maximum Gasteiger partial charge on any atom is 0.175 e. The van der Waals surface area contributed by atoms with E-state index in [-0.39, 0.29) is 19.3 Å². The molecule has 1 saturated heterocycles. The minimum absolute atomic E-state index is 0.00537. The molecule has 3 aromatic heterocycles. The SMILES string of the molecule is Cc1nnc(-c2cnc3cnc(CC(=O)C4(F)CCNCC4)cc3c2)s1. The molecule has 8 heteroatoms. The Morgan fingerprint density at radius 1 is 1.23 bits per heavy atom. The van der Waals surface area contributed by atoms with E-state index in [9.17, 15) is 9.18 Å². The van der Waals surface area contributed by atoms with Gasteiger partial charge in [-0.05, 0) is 32.1 Å². The van der Waals surface area contributed by atoms with Gasteiger partial charge in [0.05, 0.1) is 18.1 Å². The molecule has 26 heavy (non-hydrogen) atoms. The van der Waals surface area contributed by atoms with Gasteiger partial charge in [-0.1, -0.05) is 11.3 Å². The number of halogens is 1. The highest BCUT2D eigenvalue weighted by Crippen LogP contribution is 2.28. The Hall–Kier alpha value is -2.32. The van der Waals surface area contributed by atoms with Crippen molar-refractivity contribution in [2.75, 3.05) is 13.1 Å². The van der Waals surface area contributed by atoms with Crippen LogP contribution in [0.15, 0.2) is 24.5 Å². The second kappa shape index (κ2) is 6.77. The van der Waals surface area contributed by atoms with Crippen LogP contribution in [0.1, 0.15) is 23.5 Å². The Morgan fingerprint density at radius 3 is 2.77 bits per heavy atom. The van der Waals surface area contributed by atoms with Crippen molar-refractivity contribution in [2.24, 2.45) is 0 Å². The lowest BCUT2D eigenvalue weighted by atomic mass is 9.87. The van der Waals surface area contributed by atoms with E-state index in [1.165, 1.54) is 11.3 Å². The minimum Gasteiger partial charge on any atom is -0.316 e. The topological polar surface area (TPSA) is 80.7 Å². The average molecular weight is 371 g/mol. The molecule has 1 fully saturated rings. The van der Waals surface area contributed by atoms with Crippen molar-refractivity contribution >= 4 is 28.0 Å². The fraction of sp³-hybridized carbons (Fsp3) is 0.389. The fourth-order valence-corrected chi connectivity index (χ4v) is 3.80. The number of fused-ring (bicyclic) bond motifs is 1. The quantitative estimate of drug-likeness (QED) is 0.759. The Bertz CT molecular complexity index is 967. The van der Waals surface area contributed by atoms with E-state index < -0.39 is 11.5 Å². The van der Waals surface area contributed by atoms with Gasteiger partial charge in [0.15, 0.2) is 11.5 Å². The van der Waals surface area contributed by atoms with Crippen LogP contribution in [0.3, 0.4) is 0 Å². The van der Waals surface area contributed by atoms with Crippen molar-refractivity contribution in [1.29, 1.82) is 0 Å². The number of hydrogen-bond acceptors (Lipinski definition) is 7. The summed E-state index contributed by atoms with van der Waals surface area (Å²) in [6, 6.07) is 3.76. The molecule has 0 aliphatic carbocycles. The molecule has 1 aliphatic rings. The number of aryl methyl sites for hydroxylation is 1. The monoisotopic (exact) mass is 371 g/mol. The molecular weight excluding hydrogens is 353 g/mol. The predicted octanol–water partition coefficient (Wildman–Crippen LogP) is 2.66. The molecule has 0 amide bonds. The molecule has 0 bridgehead atoms. The number of hydrogen-bond donors (Lipinski definition) is 1. The second-order valence-electron chi connectivity index (χ2n) is 6.53. The predicted molar refractivity (Wildman–Crippen MR) is 97.8 cm³/mol. The molecule has 4 rings (SSSR count). The zero-order valence-electron chi connectivity index (χ0n) is 14.3. The third kappa shape index (κ3) is 3.34. The van der Waals surface area contributed by atoms with E-state index in [1.807, 2.05) is 19.1 Å². The number of Topliss-reactive ketones (excluding diaryl/α,β-unsaturated/α-hetero) is 1. The van der Waals surface area contributed by atoms with Crippen LogP contribution in [0.5, 0.6) is 0 Å². The number of piperidine rings is 1. The fourth-order valence-electron chi connectivity index (χ4n) is 3.13. The summed E-state index contributed by atoms with van der Waals surface area (Å²) in [5, 5.41) is 13.8. The van der Waals surface area contributed by atoms with Crippen molar-refractivity contribution in [3.05, 3.63) is 35.2 Å². The summed E-state index contributed by atoms with van der Waals surface area (Å²) in [4.78, 5) is 21.1. The molecule has 134 valence electrons. The smallest absolute Gasteiger partial charge is 0.175 e. The number of nitrogens with zero attached hydrogens (tertiary/aromatic N) is 4. The molecule has 6 nitrogen and oxygen atoms in total. The zero-order valence-corrected chi connectivity index (χ0v) is 15.1. The highest BCUT2D eigenvalue weighted by Gasteiger charge is 2.39. The Morgan fingerprint density at radius 2 is 2.04 bits per heavy atom. The highest BCUT2D eigenvalue weighted by atomic mass is 32.1. The third-order valence-corrected chi connectivity index (χ3v) is 5.52. The lowest BCUT2D eigenvalue weighted by Gasteiger charge is -2.28. The van der Waals surface area contributed by atoms with Crippen LogP contribution in [0, 0.1) is 6.92 Å². The minimum atomic E-state index is -1.74. The molecule has 4 heterocycles. The molecule has 1 N–H and O–H groups in total. The van der Waals surface area contributed by atoms with Crippen LogP contribution in [-0.4, -0.2) is 44.7 Å². The van der Waals surface area contributed by atoms with Gasteiger partial charge in [0, 0.05) is 35.7 Å². The Kier molecular flexibility index (Phi) is 4.46. The maximum atomic E-state index is 14.8. The van der Waals surface area contributed by atoms with Crippen LogP contribution in [0.2, 0.25) is 0 Å². The number of aromatic nitrogens is 4. The van der Waals surface area contributed by atoms with Crippen molar-refractivity contribution in [1.82, 2.24) is 25.5 Å². The standard InChI is InChI=1S/C18H18FN5OS/c1-11-23-24-17(26-11)13-6-12-7-14(21-10-15(12)22-9-13)8-16(25)18(19)2-4-20-5-3-18/h6-7,9-10,20H,2-5,8H2,1H3. The van der Waals surface area contributed by atoms with E-state index >= 15 is 0 Å². The van der Waals surface area contributed by atoms with Crippen molar-refractivity contribution in [2.45, 2.75) is 31.9 Å². The lowest BCUT2D eigenvalue weighted by molar-refractivity contribution is -0.131. The summed E-state index contributed by atoms with van der Waals surface area (Å²) >= 11 is 1.50. The first-order valence-corrected chi connectivity index (χ1v) is 9.33. The number of carbonyl (C=O) groups excluding carboxylic acids is 1. The normalized spacial score (nSPS) is 16.7. The van der Waals surface area contributed by atoms with E-state index in [1.54, 1.807) is 12.4 Å². The number of rotatable bonds is 4. The highest BCUT2D eigenvalue weighted by molar-refractivity contribution is 7.14. The number of ketones is 1. The summed E-state index contributed by atoms with van der Waals surface area (Å²) in [6.07, 6.45) is 3.80. The van der Waals surface area contributed by atoms with E-state index in [0.717, 1.165) is 26.5 Å². The molecule has 1 aliphatic heterocycles. The van der Waals surface area contributed by atoms with E-state index in [0.29, 0.717) is 18.8 Å². The van der Waals surface area contributed by atoms with Gasteiger partial charge in [-0.25, -0.2) is 4.39 Å². The van der Waals surface area contributed by atoms with Gasteiger partial charge >= 0.3 is 0 Å². The van der Waals surface area contributed by atoms with Crippen LogP contribution in [-0.2, 0) is 11.2 Å². The maximum absolute atomic E-state index is 14.8. The van der Waals surface area contributed by atoms with Gasteiger partial charge in [-0.3, -0.25) is 14.8 Å². The van der Waals surface area contributed by atoms with Crippen LogP contribution in [0.25, 0.3) is 21.5 Å². The largest absolute Gasteiger partial charge is 0.316 e.